The molecule has 2 atom stereocenters. The maximum atomic E-state index is 12.5. The van der Waals surface area contributed by atoms with Crippen LogP contribution in [0.25, 0.3) is 0 Å². The van der Waals surface area contributed by atoms with Crippen LogP contribution in [0, 0.1) is 0 Å². The smallest absolute Gasteiger partial charge is 0.250 e. The molecule has 0 aromatic carbocycles. The van der Waals surface area contributed by atoms with Crippen molar-refractivity contribution in [2.45, 2.75) is 70.1 Å². The summed E-state index contributed by atoms with van der Waals surface area (Å²) < 4.78 is 7.06. The second kappa shape index (κ2) is 6.93. The van der Waals surface area contributed by atoms with E-state index in [4.69, 9.17) is 4.74 Å². The fraction of sp³-hybridized carbons (Fsp3) is 0.706. The van der Waals surface area contributed by atoms with Gasteiger partial charge in [0.1, 0.15) is 11.3 Å². The van der Waals surface area contributed by atoms with Crippen LogP contribution in [0.2, 0.25) is 0 Å². The minimum Gasteiger partial charge on any atom is -0.501 e. The molecule has 1 fully saturated rings. The third-order valence-corrected chi connectivity index (χ3v) is 4.75. The van der Waals surface area contributed by atoms with E-state index in [0.29, 0.717) is 17.9 Å². The third kappa shape index (κ3) is 3.77. The first-order valence-corrected chi connectivity index (χ1v) is 8.71. The van der Waals surface area contributed by atoms with Crippen molar-refractivity contribution in [3.8, 4) is 0 Å². The molecule has 0 spiro atoms. The van der Waals surface area contributed by atoms with Crippen molar-refractivity contribution < 1.29 is 14.6 Å². The van der Waals surface area contributed by atoms with Crippen molar-refractivity contribution in [2.75, 3.05) is 6.61 Å². The zero-order chi connectivity index (χ0) is 17.2. The average molecular weight is 334 g/mol. The zero-order valence-corrected chi connectivity index (χ0v) is 14.4. The van der Waals surface area contributed by atoms with Gasteiger partial charge in [-0.3, -0.25) is 4.79 Å². The molecular weight excluding hydrogens is 308 g/mol. The van der Waals surface area contributed by atoms with Crippen LogP contribution in [0.1, 0.15) is 64.1 Å². The number of hydrogen-bond donors (Lipinski definition) is 2. The molecule has 0 unspecified atom stereocenters. The molecule has 1 aromatic rings. The highest BCUT2D eigenvalue weighted by molar-refractivity contribution is 5.93. The number of rotatable bonds is 4. The largest absolute Gasteiger partial charge is 0.501 e. The van der Waals surface area contributed by atoms with Gasteiger partial charge in [-0.15, -0.1) is 5.10 Å². The van der Waals surface area contributed by atoms with Crippen LogP contribution in [0.5, 0.6) is 0 Å². The summed E-state index contributed by atoms with van der Waals surface area (Å²) in [6.07, 6.45) is 9.05. The monoisotopic (exact) mass is 334 g/mol. The highest BCUT2D eigenvalue weighted by atomic mass is 16.5. The Morgan fingerprint density at radius 1 is 1.38 bits per heavy atom. The number of aliphatic hydroxyl groups is 1. The van der Waals surface area contributed by atoms with Crippen molar-refractivity contribution in [1.82, 2.24) is 20.3 Å². The second-order valence-electron chi connectivity index (χ2n) is 7.19. The molecule has 1 aliphatic heterocycles. The molecule has 2 heterocycles. The fourth-order valence-corrected chi connectivity index (χ4v) is 3.31. The van der Waals surface area contributed by atoms with Gasteiger partial charge in [-0.05, 0) is 39.5 Å². The topological polar surface area (TPSA) is 89.3 Å². The van der Waals surface area contributed by atoms with E-state index in [1.165, 1.54) is 0 Å². The molecule has 1 aliphatic carbocycles. The lowest BCUT2D eigenvalue weighted by Gasteiger charge is -2.32. The maximum Gasteiger partial charge on any atom is 0.250 e. The van der Waals surface area contributed by atoms with Crippen molar-refractivity contribution >= 4 is 5.91 Å². The van der Waals surface area contributed by atoms with E-state index >= 15 is 0 Å². The van der Waals surface area contributed by atoms with Gasteiger partial charge in [0.25, 0.3) is 5.91 Å². The normalized spacial score (nSPS) is 24.9. The van der Waals surface area contributed by atoms with E-state index in [2.05, 4.69) is 15.6 Å². The van der Waals surface area contributed by atoms with Gasteiger partial charge in [0.05, 0.1) is 36.7 Å². The highest BCUT2D eigenvalue weighted by Gasteiger charge is 2.31. The van der Waals surface area contributed by atoms with Crippen LogP contribution in [-0.4, -0.2) is 38.7 Å². The van der Waals surface area contributed by atoms with Crippen LogP contribution in [-0.2, 0) is 15.1 Å². The molecule has 0 radical (unpaired) electrons. The summed E-state index contributed by atoms with van der Waals surface area (Å²) in [5.74, 6) is -0.0468. The van der Waals surface area contributed by atoms with E-state index < -0.39 is 5.60 Å². The Balaban J connectivity index is 1.72. The number of carbonyl (C=O) groups excluding carboxylic acids is 1. The maximum absolute atomic E-state index is 12.5. The minimum absolute atomic E-state index is 0.0189. The van der Waals surface area contributed by atoms with Crippen LogP contribution >= 0.6 is 0 Å². The first-order valence-electron chi connectivity index (χ1n) is 8.71. The Kier molecular flexibility index (Phi) is 4.89. The van der Waals surface area contributed by atoms with Gasteiger partial charge in [-0.1, -0.05) is 18.1 Å². The van der Waals surface area contributed by atoms with Crippen LogP contribution in [0.3, 0.4) is 0 Å². The number of hydrogen-bond acceptors (Lipinski definition) is 5. The lowest BCUT2D eigenvalue weighted by molar-refractivity contribution is -0.119. The van der Waals surface area contributed by atoms with Crippen LogP contribution in [0.4, 0.5) is 0 Å². The summed E-state index contributed by atoms with van der Waals surface area (Å²) in [7, 11) is 0. The van der Waals surface area contributed by atoms with Crippen LogP contribution < -0.4 is 5.32 Å². The summed E-state index contributed by atoms with van der Waals surface area (Å²) in [5, 5.41) is 21.5. The van der Waals surface area contributed by atoms with E-state index in [9.17, 15) is 9.90 Å². The van der Waals surface area contributed by atoms with Crippen molar-refractivity contribution in [2.24, 2.45) is 0 Å². The molecule has 2 aliphatic rings. The van der Waals surface area contributed by atoms with E-state index in [1.807, 2.05) is 0 Å². The van der Waals surface area contributed by atoms with Crippen molar-refractivity contribution in [3.05, 3.63) is 23.7 Å². The summed E-state index contributed by atoms with van der Waals surface area (Å²) in [6, 6.07) is 0.0850. The summed E-state index contributed by atoms with van der Waals surface area (Å²) in [6.45, 7) is 4.07. The molecule has 132 valence electrons. The number of aromatic nitrogens is 3. The Morgan fingerprint density at radius 3 is 2.83 bits per heavy atom. The molecule has 0 bridgehead atoms. The average Bonchev–Trinajstić information content (AvgIpc) is 3.06. The molecule has 7 heteroatoms. The number of ether oxygens (including phenoxy) is 1. The fourth-order valence-electron chi connectivity index (χ4n) is 3.31. The number of nitrogens with one attached hydrogen (secondary N) is 1. The highest BCUT2D eigenvalue weighted by Crippen LogP contribution is 2.29. The van der Waals surface area contributed by atoms with Gasteiger partial charge in [-0.2, -0.15) is 0 Å². The van der Waals surface area contributed by atoms with Crippen LogP contribution in [0.15, 0.2) is 18.0 Å². The quantitative estimate of drug-likeness (QED) is 0.876. The van der Waals surface area contributed by atoms with E-state index in [0.717, 1.165) is 38.5 Å². The molecule has 7 nitrogen and oxygen atoms in total. The predicted molar refractivity (Wildman–Crippen MR) is 88.0 cm³/mol. The first kappa shape index (κ1) is 17.0. The summed E-state index contributed by atoms with van der Waals surface area (Å²) >= 11 is 0. The van der Waals surface area contributed by atoms with Gasteiger partial charge < -0.3 is 15.2 Å². The third-order valence-electron chi connectivity index (χ3n) is 4.75. The Labute approximate surface area is 142 Å². The SMILES string of the molecule is CC(C)(O)c1cn([C@@H]2CCCC[C@@H]2NC(=O)C2=COCCC2)nn1. The lowest BCUT2D eigenvalue weighted by Crippen LogP contribution is -2.44. The minimum atomic E-state index is -1.02. The van der Waals surface area contributed by atoms with Gasteiger partial charge in [0.15, 0.2) is 0 Å². The molecule has 1 amide bonds. The molecule has 1 aromatic heterocycles. The number of carbonyl (C=O) groups is 1. The molecule has 2 N–H and O–H groups in total. The molecule has 1 saturated carbocycles. The first-order chi connectivity index (χ1) is 11.4. The van der Waals surface area contributed by atoms with E-state index in [-0.39, 0.29) is 18.0 Å². The Morgan fingerprint density at radius 2 is 2.17 bits per heavy atom. The molecule has 0 saturated heterocycles. The standard InChI is InChI=1S/C17H26N4O3/c1-17(2,23)15-10-21(20-19-15)14-8-4-3-7-13(14)18-16(22)12-6-5-9-24-11-12/h10-11,13-14,23H,3-9H2,1-2H3,(H,18,22)/t13-,14+/m0/s1. The Bertz CT molecular complexity index is 618. The second-order valence-corrected chi connectivity index (χ2v) is 7.19. The van der Waals surface area contributed by atoms with Gasteiger partial charge in [-0.25, -0.2) is 4.68 Å². The predicted octanol–water partition coefficient (Wildman–Crippen LogP) is 1.80. The van der Waals surface area contributed by atoms with E-state index in [1.54, 1.807) is 31.0 Å². The summed E-state index contributed by atoms with van der Waals surface area (Å²) in [4.78, 5) is 12.5. The molecular formula is C17H26N4O3. The van der Waals surface area contributed by atoms with Gasteiger partial charge >= 0.3 is 0 Å². The number of nitrogens with zero attached hydrogens (tertiary/aromatic N) is 3. The van der Waals surface area contributed by atoms with Gasteiger partial charge in [0.2, 0.25) is 0 Å². The van der Waals surface area contributed by atoms with Crippen molar-refractivity contribution in [3.63, 3.8) is 0 Å². The Hall–Kier alpha value is -1.89. The molecule has 3 rings (SSSR count). The van der Waals surface area contributed by atoms with Crippen molar-refractivity contribution in [1.29, 1.82) is 0 Å². The lowest BCUT2D eigenvalue weighted by atomic mass is 9.90. The summed E-state index contributed by atoms with van der Waals surface area (Å²) in [5.41, 5.74) is 0.235. The van der Waals surface area contributed by atoms with Gasteiger partial charge in [0, 0.05) is 0 Å². The number of amides is 1. The molecule has 24 heavy (non-hydrogen) atoms. The zero-order valence-electron chi connectivity index (χ0n) is 14.4.